The molecule has 1 amide bonds. The third kappa shape index (κ3) is 4.75. The van der Waals surface area contributed by atoms with Crippen molar-refractivity contribution in [2.75, 3.05) is 11.9 Å². The maximum absolute atomic E-state index is 11.5. The Morgan fingerprint density at radius 2 is 2.53 bits per heavy atom. The quantitative estimate of drug-likeness (QED) is 0.647. The first-order chi connectivity index (χ1) is 7.24. The zero-order valence-electron chi connectivity index (χ0n) is 8.70. The molecule has 0 aliphatic heterocycles. The van der Waals surface area contributed by atoms with E-state index < -0.39 is 0 Å². The van der Waals surface area contributed by atoms with Crippen LogP contribution in [0.4, 0.5) is 0 Å². The number of halogens is 1. The summed E-state index contributed by atoms with van der Waals surface area (Å²) in [4.78, 5) is 16.0. The molecular formula is C10H15BrN2OS. The minimum Gasteiger partial charge on any atom is -0.351 e. The zero-order chi connectivity index (χ0) is 11.1. The van der Waals surface area contributed by atoms with E-state index in [0.29, 0.717) is 10.8 Å². The van der Waals surface area contributed by atoms with Crippen LogP contribution in [0.2, 0.25) is 0 Å². The van der Waals surface area contributed by atoms with Crippen molar-refractivity contribution in [1.29, 1.82) is 0 Å². The van der Waals surface area contributed by atoms with Gasteiger partial charge in [-0.05, 0) is 18.8 Å². The lowest BCUT2D eigenvalue weighted by atomic mass is 10.1. The first-order valence-electron chi connectivity index (χ1n) is 4.96. The number of hydrogen-bond acceptors (Lipinski definition) is 3. The molecule has 0 radical (unpaired) electrons. The van der Waals surface area contributed by atoms with Crippen LogP contribution in [0.25, 0.3) is 0 Å². The van der Waals surface area contributed by atoms with Crippen LogP contribution in [-0.4, -0.2) is 22.8 Å². The normalized spacial score (nSPS) is 12.4. The van der Waals surface area contributed by atoms with E-state index in [-0.39, 0.29) is 5.91 Å². The number of aromatic nitrogens is 1. The van der Waals surface area contributed by atoms with E-state index in [1.807, 2.05) is 0 Å². The van der Waals surface area contributed by atoms with E-state index in [0.717, 1.165) is 24.7 Å². The Bertz CT molecular complexity index is 290. The molecule has 0 aromatic carbocycles. The van der Waals surface area contributed by atoms with Crippen molar-refractivity contribution in [3.05, 3.63) is 16.6 Å². The largest absolute Gasteiger partial charge is 0.351 e. The summed E-state index contributed by atoms with van der Waals surface area (Å²) in [6.07, 6.45) is 3.76. The summed E-state index contributed by atoms with van der Waals surface area (Å²) in [7, 11) is 0. The summed E-state index contributed by atoms with van der Waals surface area (Å²) < 4.78 is 0. The van der Waals surface area contributed by atoms with E-state index in [1.165, 1.54) is 11.3 Å². The van der Waals surface area contributed by atoms with Crippen molar-refractivity contribution >= 4 is 33.2 Å². The summed E-state index contributed by atoms with van der Waals surface area (Å²) in [6, 6.07) is 0. The number of alkyl halides is 1. The van der Waals surface area contributed by atoms with Crippen LogP contribution in [0.1, 0.15) is 29.4 Å². The first kappa shape index (κ1) is 12.6. The maximum Gasteiger partial charge on any atom is 0.262 e. The summed E-state index contributed by atoms with van der Waals surface area (Å²) in [5.74, 6) is 0.661. The molecule has 5 heteroatoms. The number of nitrogens with one attached hydrogen (secondary N) is 1. The van der Waals surface area contributed by atoms with Crippen molar-refractivity contribution in [2.45, 2.75) is 19.8 Å². The summed E-state index contributed by atoms with van der Waals surface area (Å²) in [6.45, 7) is 2.94. The second kappa shape index (κ2) is 6.95. The van der Waals surface area contributed by atoms with Crippen LogP contribution in [0, 0.1) is 5.92 Å². The van der Waals surface area contributed by atoms with E-state index in [4.69, 9.17) is 0 Å². The highest BCUT2D eigenvalue weighted by atomic mass is 79.9. The molecule has 0 spiro atoms. The Kier molecular flexibility index (Phi) is 5.86. The van der Waals surface area contributed by atoms with Gasteiger partial charge in [-0.25, -0.2) is 0 Å². The Hall–Kier alpha value is -0.420. The zero-order valence-corrected chi connectivity index (χ0v) is 11.1. The van der Waals surface area contributed by atoms with Crippen molar-refractivity contribution in [3.8, 4) is 0 Å². The van der Waals surface area contributed by atoms with Gasteiger partial charge in [0.25, 0.3) is 5.91 Å². The van der Waals surface area contributed by atoms with Gasteiger partial charge in [0.1, 0.15) is 4.88 Å². The van der Waals surface area contributed by atoms with Gasteiger partial charge < -0.3 is 5.32 Å². The van der Waals surface area contributed by atoms with Gasteiger partial charge in [0.2, 0.25) is 0 Å². The minimum atomic E-state index is -0.0102. The number of carbonyl (C=O) groups excluding carboxylic acids is 1. The van der Waals surface area contributed by atoms with Crippen molar-refractivity contribution < 1.29 is 4.79 Å². The van der Waals surface area contributed by atoms with Gasteiger partial charge in [0.15, 0.2) is 0 Å². The second-order valence-electron chi connectivity index (χ2n) is 3.52. The fourth-order valence-corrected chi connectivity index (χ4v) is 2.00. The van der Waals surface area contributed by atoms with Gasteiger partial charge in [0.05, 0.1) is 11.7 Å². The molecule has 0 aliphatic carbocycles. The van der Waals surface area contributed by atoms with Crippen LogP contribution in [-0.2, 0) is 0 Å². The molecule has 0 fully saturated rings. The molecule has 1 rings (SSSR count). The summed E-state index contributed by atoms with van der Waals surface area (Å²) >= 11 is 4.80. The number of hydrogen-bond donors (Lipinski definition) is 1. The average Bonchev–Trinajstić information content (AvgIpc) is 2.77. The molecule has 1 unspecified atom stereocenters. The lowest BCUT2D eigenvalue weighted by molar-refractivity contribution is 0.0956. The first-order valence-corrected chi connectivity index (χ1v) is 6.96. The molecule has 1 heterocycles. The predicted octanol–water partition coefficient (Wildman–Crippen LogP) is 2.68. The van der Waals surface area contributed by atoms with E-state index in [9.17, 15) is 4.79 Å². The van der Waals surface area contributed by atoms with Gasteiger partial charge in [-0.2, -0.15) is 0 Å². The Morgan fingerprint density at radius 1 is 1.73 bits per heavy atom. The van der Waals surface area contributed by atoms with Crippen LogP contribution < -0.4 is 5.32 Å². The monoisotopic (exact) mass is 290 g/mol. The molecule has 0 aliphatic rings. The number of carbonyl (C=O) groups is 1. The highest BCUT2D eigenvalue weighted by molar-refractivity contribution is 9.09. The summed E-state index contributed by atoms with van der Waals surface area (Å²) in [5, 5.41) is 3.90. The standard InChI is InChI=1S/C10H15BrN2OS/c1-8(5-11)3-2-4-13-10(14)9-6-12-7-15-9/h6-8H,2-5H2,1H3,(H,13,14). The molecule has 0 saturated carbocycles. The van der Waals surface area contributed by atoms with E-state index in [1.54, 1.807) is 11.7 Å². The lowest BCUT2D eigenvalue weighted by Gasteiger charge is -2.07. The SMILES string of the molecule is CC(CBr)CCCNC(=O)c1cncs1. The third-order valence-electron chi connectivity index (χ3n) is 2.08. The molecule has 1 aromatic heterocycles. The Morgan fingerprint density at radius 3 is 3.13 bits per heavy atom. The van der Waals surface area contributed by atoms with Gasteiger partial charge >= 0.3 is 0 Å². The highest BCUT2D eigenvalue weighted by Gasteiger charge is 2.06. The molecular weight excluding hydrogens is 276 g/mol. The molecule has 3 nitrogen and oxygen atoms in total. The van der Waals surface area contributed by atoms with E-state index >= 15 is 0 Å². The topological polar surface area (TPSA) is 42.0 Å². The molecule has 1 aromatic rings. The highest BCUT2D eigenvalue weighted by Crippen LogP contribution is 2.08. The van der Waals surface area contributed by atoms with Crippen LogP contribution in [0.3, 0.4) is 0 Å². The predicted molar refractivity (Wildman–Crippen MR) is 66.6 cm³/mol. The fraction of sp³-hybridized carbons (Fsp3) is 0.600. The number of thiazole rings is 1. The third-order valence-corrected chi connectivity index (χ3v) is 3.96. The van der Waals surface area contributed by atoms with Crippen molar-refractivity contribution in [1.82, 2.24) is 10.3 Å². The maximum atomic E-state index is 11.5. The van der Waals surface area contributed by atoms with Crippen LogP contribution in [0.15, 0.2) is 11.7 Å². The molecule has 0 bridgehead atoms. The Balaban J connectivity index is 2.13. The fourth-order valence-electron chi connectivity index (χ4n) is 1.14. The van der Waals surface area contributed by atoms with Crippen molar-refractivity contribution in [2.24, 2.45) is 5.92 Å². The number of nitrogens with zero attached hydrogens (tertiary/aromatic N) is 1. The van der Waals surface area contributed by atoms with Crippen molar-refractivity contribution in [3.63, 3.8) is 0 Å². The average molecular weight is 291 g/mol. The summed E-state index contributed by atoms with van der Waals surface area (Å²) in [5.41, 5.74) is 1.67. The molecule has 1 atom stereocenters. The van der Waals surface area contributed by atoms with Crippen LogP contribution in [0.5, 0.6) is 0 Å². The van der Waals surface area contributed by atoms with Gasteiger partial charge in [-0.15, -0.1) is 11.3 Å². The van der Waals surface area contributed by atoms with E-state index in [2.05, 4.69) is 33.2 Å². The Labute approximate surface area is 102 Å². The molecule has 0 saturated heterocycles. The lowest BCUT2D eigenvalue weighted by Crippen LogP contribution is -2.23. The number of rotatable bonds is 6. The van der Waals surface area contributed by atoms with Gasteiger partial charge in [0, 0.05) is 11.9 Å². The second-order valence-corrected chi connectivity index (χ2v) is 5.06. The molecule has 15 heavy (non-hydrogen) atoms. The van der Waals surface area contributed by atoms with Gasteiger partial charge in [-0.3, -0.25) is 9.78 Å². The smallest absolute Gasteiger partial charge is 0.262 e. The van der Waals surface area contributed by atoms with Gasteiger partial charge in [-0.1, -0.05) is 22.9 Å². The van der Waals surface area contributed by atoms with Crippen LogP contribution >= 0.6 is 27.3 Å². The molecule has 84 valence electrons. The molecule has 1 N–H and O–H groups in total. The minimum absolute atomic E-state index is 0.0102. The number of amides is 1.